The summed E-state index contributed by atoms with van der Waals surface area (Å²) in [6.07, 6.45) is 1.67. The van der Waals surface area contributed by atoms with E-state index >= 15 is 0 Å². The van der Waals surface area contributed by atoms with Crippen molar-refractivity contribution in [2.45, 2.75) is 11.3 Å². The van der Waals surface area contributed by atoms with Gasteiger partial charge in [0.25, 0.3) is 5.91 Å². The second-order valence-electron chi connectivity index (χ2n) is 5.82. The van der Waals surface area contributed by atoms with E-state index in [1.807, 2.05) is 24.3 Å². The number of esters is 1. The molecule has 0 saturated heterocycles. The molecule has 8 heteroatoms. The molecule has 27 heavy (non-hydrogen) atoms. The van der Waals surface area contributed by atoms with Gasteiger partial charge in [0.1, 0.15) is 5.75 Å². The molecule has 2 aromatic rings. The van der Waals surface area contributed by atoms with Crippen molar-refractivity contribution >= 4 is 21.7 Å². The lowest BCUT2D eigenvalue weighted by Crippen LogP contribution is -2.30. The van der Waals surface area contributed by atoms with E-state index in [1.165, 1.54) is 24.3 Å². The molecule has 0 aliphatic rings. The summed E-state index contributed by atoms with van der Waals surface area (Å²) in [6.45, 7) is -0.0448. The third-order valence-corrected chi connectivity index (χ3v) is 4.84. The number of amides is 1. The van der Waals surface area contributed by atoms with Crippen LogP contribution >= 0.6 is 0 Å². The van der Waals surface area contributed by atoms with Crippen LogP contribution in [0.2, 0.25) is 0 Å². The van der Waals surface area contributed by atoms with Gasteiger partial charge in [-0.25, -0.2) is 13.2 Å². The Morgan fingerprint density at radius 2 is 1.78 bits per heavy atom. The van der Waals surface area contributed by atoms with Gasteiger partial charge >= 0.3 is 5.97 Å². The number of ether oxygens (including phenoxy) is 2. The van der Waals surface area contributed by atoms with Gasteiger partial charge in [0, 0.05) is 12.8 Å². The first kappa shape index (κ1) is 20.4. The van der Waals surface area contributed by atoms with Gasteiger partial charge in [0.2, 0.25) is 0 Å². The average Bonchev–Trinajstić information content (AvgIpc) is 2.66. The summed E-state index contributed by atoms with van der Waals surface area (Å²) >= 11 is 0. The Bertz CT molecular complexity index is 906. The molecule has 0 bridgehead atoms. The minimum Gasteiger partial charge on any atom is -0.497 e. The molecular weight excluding hydrogens is 370 g/mol. The van der Waals surface area contributed by atoms with Gasteiger partial charge in [-0.3, -0.25) is 4.79 Å². The molecule has 2 aromatic carbocycles. The highest BCUT2D eigenvalue weighted by Crippen LogP contribution is 2.12. The summed E-state index contributed by atoms with van der Waals surface area (Å²) in [4.78, 5) is 23.8. The molecule has 1 N–H and O–H groups in total. The van der Waals surface area contributed by atoms with Gasteiger partial charge in [-0.05, 0) is 42.3 Å². The molecule has 0 radical (unpaired) electrons. The number of nitrogens with one attached hydrogen (secondary N) is 1. The largest absolute Gasteiger partial charge is 0.497 e. The van der Waals surface area contributed by atoms with Gasteiger partial charge in [-0.15, -0.1) is 0 Å². The predicted molar refractivity (Wildman–Crippen MR) is 99.5 cm³/mol. The highest BCUT2D eigenvalue weighted by atomic mass is 32.2. The minimum atomic E-state index is -3.43. The highest BCUT2D eigenvalue weighted by Gasteiger charge is 2.14. The highest BCUT2D eigenvalue weighted by molar-refractivity contribution is 7.90. The Labute approximate surface area is 158 Å². The first-order valence-corrected chi connectivity index (χ1v) is 10.1. The quantitative estimate of drug-likeness (QED) is 0.687. The summed E-state index contributed by atoms with van der Waals surface area (Å²) < 4.78 is 33.0. The fraction of sp³-hybridized carbons (Fsp3) is 0.263. The molecule has 0 fully saturated rings. The Morgan fingerprint density at radius 1 is 1.07 bits per heavy atom. The van der Waals surface area contributed by atoms with Crippen molar-refractivity contribution < 1.29 is 27.5 Å². The first-order valence-electron chi connectivity index (χ1n) is 8.16. The molecule has 2 rings (SSSR count). The van der Waals surface area contributed by atoms with E-state index < -0.39 is 28.3 Å². The molecule has 0 aliphatic carbocycles. The molecule has 0 saturated carbocycles. The Morgan fingerprint density at radius 3 is 2.41 bits per heavy atom. The lowest BCUT2D eigenvalue weighted by molar-refractivity contribution is -0.124. The van der Waals surface area contributed by atoms with Crippen molar-refractivity contribution in [1.29, 1.82) is 0 Å². The van der Waals surface area contributed by atoms with Crippen LogP contribution in [0, 0.1) is 0 Å². The maximum Gasteiger partial charge on any atom is 0.338 e. The van der Waals surface area contributed by atoms with Crippen LogP contribution < -0.4 is 10.1 Å². The number of sulfone groups is 1. The predicted octanol–water partition coefficient (Wildman–Crippen LogP) is 1.61. The van der Waals surface area contributed by atoms with Crippen LogP contribution in [0.4, 0.5) is 0 Å². The minimum absolute atomic E-state index is 0.0147. The normalized spacial score (nSPS) is 10.9. The molecule has 0 aromatic heterocycles. The van der Waals surface area contributed by atoms with E-state index in [9.17, 15) is 18.0 Å². The molecule has 0 heterocycles. The lowest BCUT2D eigenvalue weighted by Gasteiger charge is -2.08. The maximum absolute atomic E-state index is 12.0. The van der Waals surface area contributed by atoms with Gasteiger partial charge in [0.05, 0.1) is 17.6 Å². The van der Waals surface area contributed by atoms with Crippen LogP contribution in [-0.4, -0.2) is 46.8 Å². The lowest BCUT2D eigenvalue weighted by atomic mass is 10.1. The number of carbonyl (C=O) groups excluding carboxylic acids is 2. The second-order valence-corrected chi connectivity index (χ2v) is 7.84. The Kier molecular flexibility index (Phi) is 6.95. The molecule has 144 valence electrons. The van der Waals surface area contributed by atoms with Gasteiger partial charge in [-0.2, -0.15) is 0 Å². The number of methoxy groups -OCH3 is 1. The molecule has 0 atom stereocenters. The zero-order valence-electron chi connectivity index (χ0n) is 15.1. The summed E-state index contributed by atoms with van der Waals surface area (Å²) in [5, 5.41) is 2.66. The maximum atomic E-state index is 12.0. The van der Waals surface area contributed by atoms with E-state index in [0.29, 0.717) is 13.0 Å². The van der Waals surface area contributed by atoms with Crippen molar-refractivity contribution in [1.82, 2.24) is 5.32 Å². The van der Waals surface area contributed by atoms with Crippen LogP contribution in [0.15, 0.2) is 53.4 Å². The molecule has 7 nitrogen and oxygen atoms in total. The third-order valence-electron chi connectivity index (χ3n) is 3.73. The molecule has 0 spiro atoms. The summed E-state index contributed by atoms with van der Waals surface area (Å²) in [6, 6.07) is 13.0. The van der Waals surface area contributed by atoms with Crippen LogP contribution in [0.25, 0.3) is 0 Å². The van der Waals surface area contributed by atoms with Gasteiger partial charge in [-0.1, -0.05) is 18.2 Å². The fourth-order valence-corrected chi connectivity index (χ4v) is 2.92. The number of rotatable bonds is 8. The fourth-order valence-electron chi connectivity index (χ4n) is 2.26. The SMILES string of the molecule is COc1ccc(CCNC(=O)COC(=O)c2cccc(S(C)(=O)=O)c2)cc1. The smallest absolute Gasteiger partial charge is 0.338 e. The van der Waals surface area contributed by atoms with E-state index in [2.05, 4.69) is 5.32 Å². The van der Waals surface area contributed by atoms with Crippen LogP contribution in [-0.2, 0) is 25.8 Å². The number of carbonyl (C=O) groups is 2. The Hall–Kier alpha value is -2.87. The third kappa shape index (κ3) is 6.41. The monoisotopic (exact) mass is 391 g/mol. The molecule has 0 unspecified atom stereocenters. The molecular formula is C19H21NO6S. The topological polar surface area (TPSA) is 98.8 Å². The standard InChI is InChI=1S/C19H21NO6S/c1-25-16-8-6-14(7-9-16)10-11-20-18(21)13-26-19(22)15-4-3-5-17(12-15)27(2,23)24/h3-9,12H,10-11,13H2,1-2H3,(H,20,21). The number of hydrogen-bond donors (Lipinski definition) is 1. The van der Waals surface area contributed by atoms with Crippen LogP contribution in [0.5, 0.6) is 5.75 Å². The number of hydrogen-bond acceptors (Lipinski definition) is 6. The number of benzene rings is 2. The van der Waals surface area contributed by atoms with Crippen LogP contribution in [0.3, 0.4) is 0 Å². The summed E-state index contributed by atoms with van der Waals surface area (Å²) in [5.74, 6) is -0.434. The molecule has 1 amide bonds. The molecule has 0 aliphatic heterocycles. The first-order chi connectivity index (χ1) is 12.8. The summed E-state index contributed by atoms with van der Waals surface area (Å²) in [7, 11) is -1.84. The van der Waals surface area contributed by atoms with E-state index in [-0.39, 0.29) is 10.5 Å². The second kappa shape index (κ2) is 9.18. The zero-order chi connectivity index (χ0) is 19.9. The average molecular weight is 391 g/mol. The van der Waals surface area contributed by atoms with Crippen molar-refractivity contribution in [3.63, 3.8) is 0 Å². The Balaban J connectivity index is 1.78. The van der Waals surface area contributed by atoms with Crippen molar-refractivity contribution in [3.8, 4) is 5.75 Å². The van der Waals surface area contributed by atoms with E-state index in [0.717, 1.165) is 17.6 Å². The van der Waals surface area contributed by atoms with Crippen LogP contribution in [0.1, 0.15) is 15.9 Å². The summed E-state index contributed by atoms with van der Waals surface area (Å²) in [5.41, 5.74) is 1.11. The van der Waals surface area contributed by atoms with Gasteiger partial charge in [0.15, 0.2) is 16.4 Å². The van der Waals surface area contributed by atoms with Gasteiger partial charge < -0.3 is 14.8 Å². The van der Waals surface area contributed by atoms with E-state index in [1.54, 1.807) is 7.11 Å². The van der Waals surface area contributed by atoms with Crippen molar-refractivity contribution in [2.75, 3.05) is 26.5 Å². The zero-order valence-corrected chi connectivity index (χ0v) is 15.9. The van der Waals surface area contributed by atoms with Crippen molar-refractivity contribution in [3.05, 3.63) is 59.7 Å². The van der Waals surface area contributed by atoms with E-state index in [4.69, 9.17) is 9.47 Å². The van der Waals surface area contributed by atoms with Crippen molar-refractivity contribution in [2.24, 2.45) is 0 Å².